The highest BCUT2D eigenvalue weighted by Crippen LogP contribution is 2.35. The van der Waals surface area contributed by atoms with Crippen LogP contribution in [0.25, 0.3) is 0 Å². The second kappa shape index (κ2) is 6.79. The summed E-state index contributed by atoms with van der Waals surface area (Å²) < 4.78 is 0. The highest BCUT2D eigenvalue weighted by molar-refractivity contribution is 6.22. The van der Waals surface area contributed by atoms with Gasteiger partial charge < -0.3 is 5.11 Å². The van der Waals surface area contributed by atoms with Crippen LogP contribution in [0.2, 0.25) is 0 Å². The molecule has 0 aliphatic carbocycles. The molecule has 0 unspecified atom stereocenters. The zero-order valence-electron chi connectivity index (χ0n) is 15.0. The summed E-state index contributed by atoms with van der Waals surface area (Å²) in [4.78, 5) is 49.4. The number of nitrogens with zero attached hydrogens (tertiary/aromatic N) is 1. The molecule has 0 radical (unpaired) electrons. The number of carboxylic acids is 1. The average molecular weight is 365 g/mol. The van der Waals surface area contributed by atoms with Gasteiger partial charge in [0.25, 0.3) is 11.8 Å². The summed E-state index contributed by atoms with van der Waals surface area (Å²) in [5.41, 5.74) is 0.712. The number of aliphatic carboxylic acids is 1. The van der Waals surface area contributed by atoms with Crippen LogP contribution in [0.4, 0.5) is 0 Å². The van der Waals surface area contributed by atoms with Crippen molar-refractivity contribution < 1.29 is 24.3 Å². The van der Waals surface area contributed by atoms with E-state index in [1.807, 2.05) is 0 Å². The van der Waals surface area contributed by atoms with Crippen LogP contribution < -0.4 is 0 Å². The summed E-state index contributed by atoms with van der Waals surface area (Å²) in [6, 6.07) is 11.8. The molecule has 2 aromatic carbocycles. The smallest absolute Gasteiger partial charge is 0.327 e. The topological polar surface area (TPSA) is 91.8 Å². The molecule has 1 aliphatic heterocycles. The molecule has 3 rings (SSSR count). The second-order valence-corrected chi connectivity index (χ2v) is 7.29. The highest BCUT2D eigenvalue weighted by atomic mass is 16.4. The van der Waals surface area contributed by atoms with Crippen LogP contribution in [-0.2, 0) is 11.2 Å². The molecule has 1 atom stereocenters. The number of fused-ring (bicyclic) bond motifs is 1. The number of aldehydes is 1. The molecule has 6 heteroatoms. The number of amides is 2. The largest absolute Gasteiger partial charge is 0.480 e. The van der Waals surface area contributed by atoms with Crippen molar-refractivity contribution in [3.8, 4) is 0 Å². The number of hydrogen-bond donors (Lipinski definition) is 1. The zero-order chi connectivity index (χ0) is 19.8. The Bertz CT molecular complexity index is 912. The Morgan fingerprint density at radius 3 is 2.19 bits per heavy atom. The minimum Gasteiger partial charge on any atom is -0.480 e. The predicted octanol–water partition coefficient (Wildman–Crippen LogP) is 2.82. The SMILES string of the molecule is CC(C)(Cc1cccc(C=O)c1)[C@@H](C(=O)O)N1C(=O)c2ccccc2C1=O. The molecule has 1 heterocycles. The van der Waals surface area contributed by atoms with E-state index in [0.717, 1.165) is 16.7 Å². The first-order valence-corrected chi connectivity index (χ1v) is 8.50. The van der Waals surface area contributed by atoms with E-state index in [4.69, 9.17) is 0 Å². The van der Waals surface area contributed by atoms with E-state index in [0.29, 0.717) is 5.56 Å². The lowest BCUT2D eigenvalue weighted by Crippen LogP contribution is -2.53. The van der Waals surface area contributed by atoms with Crippen LogP contribution in [0.5, 0.6) is 0 Å². The molecule has 27 heavy (non-hydrogen) atoms. The van der Waals surface area contributed by atoms with Gasteiger partial charge in [0, 0.05) is 11.0 Å². The first-order chi connectivity index (χ1) is 12.8. The molecule has 1 N–H and O–H groups in total. The van der Waals surface area contributed by atoms with Gasteiger partial charge in [0.05, 0.1) is 11.1 Å². The van der Waals surface area contributed by atoms with E-state index < -0.39 is 29.2 Å². The fraction of sp³-hybridized carbons (Fsp3) is 0.238. The predicted molar refractivity (Wildman–Crippen MR) is 97.7 cm³/mol. The van der Waals surface area contributed by atoms with Crippen LogP contribution in [-0.4, -0.2) is 40.1 Å². The lowest BCUT2D eigenvalue weighted by molar-refractivity contribution is -0.145. The molecule has 2 amide bonds. The third-order valence-corrected chi connectivity index (χ3v) is 4.80. The third-order valence-electron chi connectivity index (χ3n) is 4.80. The molecule has 2 aromatic rings. The quantitative estimate of drug-likeness (QED) is 0.628. The summed E-state index contributed by atoms with van der Waals surface area (Å²) in [7, 11) is 0. The van der Waals surface area contributed by atoms with Gasteiger partial charge in [-0.1, -0.05) is 44.2 Å². The van der Waals surface area contributed by atoms with Gasteiger partial charge >= 0.3 is 5.97 Å². The maximum absolute atomic E-state index is 12.7. The third kappa shape index (κ3) is 3.26. The summed E-state index contributed by atoms with van der Waals surface area (Å²) in [5.74, 6) is -2.45. The van der Waals surface area contributed by atoms with E-state index in [9.17, 15) is 24.3 Å². The van der Waals surface area contributed by atoms with Gasteiger partial charge in [0.15, 0.2) is 0 Å². The van der Waals surface area contributed by atoms with Gasteiger partial charge in [-0.25, -0.2) is 4.79 Å². The molecule has 1 aliphatic rings. The number of hydrogen-bond acceptors (Lipinski definition) is 4. The van der Waals surface area contributed by atoms with Crippen molar-refractivity contribution in [1.82, 2.24) is 4.90 Å². The van der Waals surface area contributed by atoms with Crippen molar-refractivity contribution in [2.75, 3.05) is 0 Å². The van der Waals surface area contributed by atoms with Crippen LogP contribution in [0, 0.1) is 5.41 Å². The first kappa shape index (κ1) is 18.5. The fourth-order valence-corrected chi connectivity index (χ4v) is 3.64. The molecular weight excluding hydrogens is 346 g/mol. The minimum atomic E-state index is -1.34. The molecule has 0 saturated heterocycles. The molecule has 0 bridgehead atoms. The van der Waals surface area contributed by atoms with Gasteiger partial charge in [-0.3, -0.25) is 19.3 Å². The molecule has 6 nitrogen and oxygen atoms in total. The fourth-order valence-electron chi connectivity index (χ4n) is 3.64. The minimum absolute atomic E-state index is 0.215. The number of rotatable bonds is 6. The Labute approximate surface area is 156 Å². The van der Waals surface area contributed by atoms with Crippen molar-refractivity contribution >= 4 is 24.1 Å². The van der Waals surface area contributed by atoms with E-state index in [1.165, 1.54) is 12.1 Å². The van der Waals surface area contributed by atoms with Gasteiger partial charge in [0.1, 0.15) is 12.3 Å². The Hall–Kier alpha value is -3.28. The summed E-state index contributed by atoms with van der Waals surface area (Å²) in [6.07, 6.45) is 0.994. The normalized spacial score (nSPS) is 14.8. The Morgan fingerprint density at radius 1 is 1.07 bits per heavy atom. The maximum Gasteiger partial charge on any atom is 0.327 e. The van der Waals surface area contributed by atoms with Crippen LogP contribution >= 0.6 is 0 Å². The average Bonchev–Trinajstić information content (AvgIpc) is 2.87. The van der Waals surface area contributed by atoms with Crippen molar-refractivity contribution in [2.24, 2.45) is 5.41 Å². The lowest BCUT2D eigenvalue weighted by atomic mass is 9.77. The van der Waals surface area contributed by atoms with Crippen LogP contribution in [0.3, 0.4) is 0 Å². The first-order valence-electron chi connectivity index (χ1n) is 8.50. The number of benzene rings is 2. The van der Waals surface area contributed by atoms with E-state index >= 15 is 0 Å². The Kier molecular flexibility index (Phi) is 4.66. The van der Waals surface area contributed by atoms with E-state index in [1.54, 1.807) is 50.2 Å². The molecule has 138 valence electrons. The number of imide groups is 1. The van der Waals surface area contributed by atoms with Gasteiger partial charge in [-0.2, -0.15) is 0 Å². The lowest BCUT2D eigenvalue weighted by Gasteiger charge is -2.36. The zero-order valence-corrected chi connectivity index (χ0v) is 15.0. The standard InChI is InChI=1S/C21H19NO5/c1-21(2,11-13-6-5-7-14(10-13)12-23)17(20(26)27)22-18(24)15-8-3-4-9-16(15)19(22)25/h3-10,12,17H,11H2,1-2H3,(H,26,27)/t17-/m1/s1. The summed E-state index contributed by atoms with van der Waals surface area (Å²) in [5, 5.41) is 9.86. The molecule has 0 fully saturated rings. The van der Waals surface area contributed by atoms with Gasteiger partial charge in [-0.15, -0.1) is 0 Å². The van der Waals surface area contributed by atoms with E-state index in [2.05, 4.69) is 0 Å². The molecule has 0 spiro atoms. The summed E-state index contributed by atoms with van der Waals surface area (Å²) >= 11 is 0. The van der Waals surface area contributed by atoms with Gasteiger partial charge in [-0.05, 0) is 30.2 Å². The molecule has 0 saturated carbocycles. The highest BCUT2D eigenvalue weighted by Gasteiger charge is 2.49. The van der Waals surface area contributed by atoms with Gasteiger partial charge in [0.2, 0.25) is 0 Å². The molecule has 0 aromatic heterocycles. The van der Waals surface area contributed by atoms with Crippen molar-refractivity contribution in [2.45, 2.75) is 26.3 Å². The van der Waals surface area contributed by atoms with Crippen molar-refractivity contribution in [3.63, 3.8) is 0 Å². The number of carbonyl (C=O) groups excluding carboxylic acids is 3. The number of carboxylic acid groups (broad SMARTS) is 1. The maximum atomic E-state index is 12.7. The number of carbonyl (C=O) groups is 4. The Morgan fingerprint density at radius 2 is 1.67 bits per heavy atom. The van der Waals surface area contributed by atoms with Crippen molar-refractivity contribution in [3.05, 3.63) is 70.8 Å². The van der Waals surface area contributed by atoms with E-state index in [-0.39, 0.29) is 17.5 Å². The van der Waals surface area contributed by atoms with Crippen LogP contribution in [0.1, 0.15) is 50.5 Å². The summed E-state index contributed by atoms with van der Waals surface area (Å²) in [6.45, 7) is 3.39. The van der Waals surface area contributed by atoms with Crippen molar-refractivity contribution in [1.29, 1.82) is 0 Å². The second-order valence-electron chi connectivity index (χ2n) is 7.29. The molecular formula is C21H19NO5. The monoisotopic (exact) mass is 365 g/mol. The Balaban J connectivity index is 1.98. The van der Waals surface area contributed by atoms with Crippen LogP contribution in [0.15, 0.2) is 48.5 Å².